The maximum absolute atomic E-state index is 5.84. The fraction of sp³-hybridized carbons (Fsp3) is 0.600. The molecule has 1 aliphatic rings. The van der Waals surface area contributed by atoms with Crippen molar-refractivity contribution in [3.05, 3.63) is 35.4 Å². The molecule has 2 rings (SSSR count). The second-order valence-electron chi connectivity index (χ2n) is 5.16. The van der Waals surface area contributed by atoms with Crippen LogP contribution in [0.1, 0.15) is 37.3 Å². The molecule has 2 unspecified atom stereocenters. The van der Waals surface area contributed by atoms with Gasteiger partial charge < -0.3 is 4.74 Å². The number of rotatable bonds is 3. The Bertz CT molecular complexity index is 307. The molecule has 0 radical (unpaired) electrons. The minimum atomic E-state index is 0.498. The molecule has 1 aromatic rings. The molecule has 1 heterocycles. The molecule has 1 fully saturated rings. The molecule has 0 aliphatic carbocycles. The van der Waals surface area contributed by atoms with Gasteiger partial charge >= 0.3 is 0 Å². The summed E-state index contributed by atoms with van der Waals surface area (Å²) in [6.07, 6.45) is 5.40. The molecule has 1 aliphatic heterocycles. The van der Waals surface area contributed by atoms with Gasteiger partial charge in [0, 0.05) is 6.61 Å². The predicted molar refractivity (Wildman–Crippen MR) is 67.6 cm³/mol. The Morgan fingerprint density at radius 1 is 1.19 bits per heavy atom. The van der Waals surface area contributed by atoms with Crippen LogP contribution in [0, 0.1) is 12.8 Å². The zero-order chi connectivity index (χ0) is 11.4. The smallest absolute Gasteiger partial charge is 0.0578 e. The summed E-state index contributed by atoms with van der Waals surface area (Å²) in [5.74, 6) is 0.760. The van der Waals surface area contributed by atoms with Gasteiger partial charge in [0.05, 0.1) is 6.10 Å². The van der Waals surface area contributed by atoms with Crippen LogP contribution in [0.5, 0.6) is 0 Å². The lowest BCUT2D eigenvalue weighted by Gasteiger charge is -2.26. The molecule has 1 aromatic carbocycles. The standard InChI is InChI=1S/C15H22O/c1-12-3-6-14(7-4-12)8-10-15-9-5-13(2)11-16-15/h3-4,6-7,13,15H,5,8-11H2,1-2H3. The first kappa shape index (κ1) is 11.7. The molecule has 0 aromatic heterocycles. The highest BCUT2D eigenvalue weighted by atomic mass is 16.5. The van der Waals surface area contributed by atoms with Crippen LogP contribution in [0.4, 0.5) is 0 Å². The lowest BCUT2D eigenvalue weighted by Crippen LogP contribution is -2.24. The Labute approximate surface area is 98.8 Å². The maximum atomic E-state index is 5.84. The monoisotopic (exact) mass is 218 g/mol. The minimum absolute atomic E-state index is 0.498. The van der Waals surface area contributed by atoms with Crippen molar-refractivity contribution in [2.45, 2.75) is 45.6 Å². The first-order valence-corrected chi connectivity index (χ1v) is 6.41. The van der Waals surface area contributed by atoms with Gasteiger partial charge in [0.1, 0.15) is 0 Å². The minimum Gasteiger partial charge on any atom is -0.378 e. The van der Waals surface area contributed by atoms with Crippen molar-refractivity contribution >= 4 is 0 Å². The highest BCUT2D eigenvalue weighted by molar-refractivity contribution is 5.21. The molecule has 2 atom stereocenters. The van der Waals surface area contributed by atoms with Crippen molar-refractivity contribution in [1.29, 1.82) is 0 Å². The SMILES string of the molecule is Cc1ccc(CCC2CCC(C)CO2)cc1. The molecule has 0 amide bonds. The first-order valence-electron chi connectivity index (χ1n) is 6.41. The van der Waals surface area contributed by atoms with Crippen LogP contribution in [-0.2, 0) is 11.2 Å². The van der Waals surface area contributed by atoms with E-state index in [-0.39, 0.29) is 0 Å². The van der Waals surface area contributed by atoms with Crippen LogP contribution in [-0.4, -0.2) is 12.7 Å². The van der Waals surface area contributed by atoms with Crippen molar-refractivity contribution in [1.82, 2.24) is 0 Å². The average Bonchev–Trinajstić information content (AvgIpc) is 2.30. The molecule has 1 nitrogen and oxygen atoms in total. The summed E-state index contributed by atoms with van der Waals surface area (Å²) < 4.78 is 5.84. The van der Waals surface area contributed by atoms with E-state index in [4.69, 9.17) is 4.74 Å². The van der Waals surface area contributed by atoms with E-state index in [1.54, 1.807) is 0 Å². The Morgan fingerprint density at radius 2 is 1.94 bits per heavy atom. The van der Waals surface area contributed by atoms with E-state index < -0.39 is 0 Å². The Balaban J connectivity index is 1.77. The van der Waals surface area contributed by atoms with Gasteiger partial charge in [-0.05, 0) is 44.1 Å². The van der Waals surface area contributed by atoms with E-state index in [1.165, 1.54) is 30.4 Å². The Morgan fingerprint density at radius 3 is 2.56 bits per heavy atom. The van der Waals surface area contributed by atoms with E-state index in [9.17, 15) is 0 Å². The highest BCUT2D eigenvalue weighted by Crippen LogP contribution is 2.21. The summed E-state index contributed by atoms with van der Waals surface area (Å²) in [5.41, 5.74) is 2.78. The predicted octanol–water partition coefficient (Wildman–Crippen LogP) is 3.74. The number of benzene rings is 1. The number of ether oxygens (including phenoxy) is 1. The van der Waals surface area contributed by atoms with Crippen LogP contribution in [0.3, 0.4) is 0 Å². The molecule has 0 bridgehead atoms. The van der Waals surface area contributed by atoms with Crippen molar-refractivity contribution in [2.75, 3.05) is 6.61 Å². The quantitative estimate of drug-likeness (QED) is 0.751. The first-order chi connectivity index (χ1) is 7.74. The fourth-order valence-corrected chi connectivity index (χ4v) is 2.25. The van der Waals surface area contributed by atoms with Crippen LogP contribution in [0.25, 0.3) is 0 Å². The van der Waals surface area contributed by atoms with E-state index in [2.05, 4.69) is 38.1 Å². The van der Waals surface area contributed by atoms with Crippen molar-refractivity contribution in [2.24, 2.45) is 5.92 Å². The highest BCUT2D eigenvalue weighted by Gasteiger charge is 2.18. The lowest BCUT2D eigenvalue weighted by molar-refractivity contribution is -0.0147. The average molecular weight is 218 g/mol. The van der Waals surface area contributed by atoms with Gasteiger partial charge in [0.2, 0.25) is 0 Å². The maximum Gasteiger partial charge on any atom is 0.0578 e. The second kappa shape index (κ2) is 5.49. The Kier molecular flexibility index (Phi) is 4.00. The second-order valence-corrected chi connectivity index (χ2v) is 5.16. The van der Waals surface area contributed by atoms with Crippen LogP contribution in [0.2, 0.25) is 0 Å². The Hall–Kier alpha value is -0.820. The lowest BCUT2D eigenvalue weighted by atomic mass is 9.96. The molecule has 1 saturated heterocycles. The van der Waals surface area contributed by atoms with Gasteiger partial charge in [-0.1, -0.05) is 36.8 Å². The number of hydrogen-bond acceptors (Lipinski definition) is 1. The molecular weight excluding hydrogens is 196 g/mol. The molecule has 1 heteroatoms. The summed E-state index contributed by atoms with van der Waals surface area (Å²) in [6.45, 7) is 5.37. The van der Waals surface area contributed by atoms with Gasteiger partial charge in [0.15, 0.2) is 0 Å². The summed E-state index contributed by atoms with van der Waals surface area (Å²) in [7, 11) is 0. The van der Waals surface area contributed by atoms with Crippen LogP contribution >= 0.6 is 0 Å². The van der Waals surface area contributed by atoms with E-state index in [1.807, 2.05) is 0 Å². The topological polar surface area (TPSA) is 9.23 Å². The zero-order valence-corrected chi connectivity index (χ0v) is 10.4. The summed E-state index contributed by atoms with van der Waals surface area (Å²) in [6, 6.07) is 8.86. The van der Waals surface area contributed by atoms with Gasteiger partial charge in [-0.15, -0.1) is 0 Å². The third-order valence-corrected chi connectivity index (χ3v) is 3.47. The summed E-state index contributed by atoms with van der Waals surface area (Å²) in [4.78, 5) is 0. The molecule has 0 saturated carbocycles. The van der Waals surface area contributed by atoms with E-state index in [0.29, 0.717) is 6.10 Å². The molecule has 88 valence electrons. The fourth-order valence-electron chi connectivity index (χ4n) is 2.25. The number of aryl methyl sites for hydroxylation is 2. The van der Waals surface area contributed by atoms with Gasteiger partial charge in [-0.3, -0.25) is 0 Å². The van der Waals surface area contributed by atoms with Gasteiger partial charge in [-0.2, -0.15) is 0 Å². The normalized spacial score (nSPS) is 25.6. The third kappa shape index (κ3) is 3.34. The van der Waals surface area contributed by atoms with Crippen molar-refractivity contribution in [3.63, 3.8) is 0 Å². The van der Waals surface area contributed by atoms with E-state index in [0.717, 1.165) is 18.9 Å². The number of hydrogen-bond donors (Lipinski definition) is 0. The summed E-state index contributed by atoms with van der Waals surface area (Å²) in [5, 5.41) is 0. The van der Waals surface area contributed by atoms with Crippen LogP contribution < -0.4 is 0 Å². The van der Waals surface area contributed by atoms with E-state index >= 15 is 0 Å². The van der Waals surface area contributed by atoms with Crippen molar-refractivity contribution < 1.29 is 4.74 Å². The molecule has 16 heavy (non-hydrogen) atoms. The molecular formula is C15H22O. The van der Waals surface area contributed by atoms with Crippen molar-refractivity contribution in [3.8, 4) is 0 Å². The van der Waals surface area contributed by atoms with Crippen LogP contribution in [0.15, 0.2) is 24.3 Å². The van der Waals surface area contributed by atoms with Gasteiger partial charge in [0.25, 0.3) is 0 Å². The molecule has 0 spiro atoms. The third-order valence-electron chi connectivity index (χ3n) is 3.47. The molecule has 0 N–H and O–H groups in total. The summed E-state index contributed by atoms with van der Waals surface area (Å²) >= 11 is 0. The largest absolute Gasteiger partial charge is 0.378 e. The zero-order valence-electron chi connectivity index (χ0n) is 10.4. The van der Waals surface area contributed by atoms with Gasteiger partial charge in [-0.25, -0.2) is 0 Å².